The van der Waals surface area contributed by atoms with Crippen LogP contribution >= 0.6 is 0 Å². The van der Waals surface area contributed by atoms with E-state index in [0.29, 0.717) is 31.7 Å². The van der Waals surface area contributed by atoms with Gasteiger partial charge in [-0.2, -0.15) is 0 Å². The number of aliphatic carboxylic acids is 1. The van der Waals surface area contributed by atoms with Gasteiger partial charge in [0, 0.05) is 13.0 Å². The molecule has 0 bridgehead atoms. The zero-order chi connectivity index (χ0) is 13.7. The van der Waals surface area contributed by atoms with Crippen molar-refractivity contribution < 1.29 is 14.7 Å². The highest BCUT2D eigenvalue weighted by molar-refractivity contribution is 5.79. The molecule has 0 radical (unpaired) electrons. The molecule has 2 fully saturated rings. The fourth-order valence-electron chi connectivity index (χ4n) is 3.22. The van der Waals surface area contributed by atoms with Crippen LogP contribution in [0.2, 0.25) is 0 Å². The highest BCUT2D eigenvalue weighted by atomic mass is 16.4. The molecule has 0 aromatic carbocycles. The van der Waals surface area contributed by atoms with Gasteiger partial charge in [0.15, 0.2) is 0 Å². The number of carbonyl (C=O) groups is 2. The molecule has 108 valence electrons. The third kappa shape index (κ3) is 3.69. The van der Waals surface area contributed by atoms with Crippen molar-refractivity contribution >= 4 is 11.9 Å². The van der Waals surface area contributed by atoms with E-state index in [1.165, 1.54) is 0 Å². The van der Waals surface area contributed by atoms with Gasteiger partial charge in [-0.3, -0.25) is 9.59 Å². The second-order valence-corrected chi connectivity index (χ2v) is 5.99. The normalized spacial score (nSPS) is 26.0. The first-order valence-electron chi connectivity index (χ1n) is 7.33. The minimum absolute atomic E-state index is 0.00113. The third-order valence-electron chi connectivity index (χ3n) is 4.51. The summed E-state index contributed by atoms with van der Waals surface area (Å²) in [5.41, 5.74) is -0.708. The summed E-state index contributed by atoms with van der Waals surface area (Å²) in [4.78, 5) is 23.3. The molecule has 0 aromatic rings. The quantitative estimate of drug-likeness (QED) is 0.698. The summed E-state index contributed by atoms with van der Waals surface area (Å²) < 4.78 is 0. The number of nitrogens with one attached hydrogen (secondary N) is 2. The summed E-state index contributed by atoms with van der Waals surface area (Å²) in [6.45, 7) is 2.24. The van der Waals surface area contributed by atoms with Crippen LogP contribution in [0.25, 0.3) is 0 Å². The van der Waals surface area contributed by atoms with Gasteiger partial charge in [0.1, 0.15) is 0 Å². The van der Waals surface area contributed by atoms with Crippen molar-refractivity contribution in [1.29, 1.82) is 0 Å². The summed E-state index contributed by atoms with van der Waals surface area (Å²) in [5.74, 6) is -0.357. The second-order valence-electron chi connectivity index (χ2n) is 5.99. The monoisotopic (exact) mass is 268 g/mol. The van der Waals surface area contributed by atoms with E-state index in [-0.39, 0.29) is 5.91 Å². The van der Waals surface area contributed by atoms with Crippen molar-refractivity contribution in [3.8, 4) is 0 Å². The van der Waals surface area contributed by atoms with Crippen LogP contribution in [0.4, 0.5) is 0 Å². The molecule has 5 heteroatoms. The van der Waals surface area contributed by atoms with Crippen LogP contribution in [0.1, 0.15) is 44.9 Å². The Bertz CT molecular complexity index is 332. The van der Waals surface area contributed by atoms with Gasteiger partial charge >= 0.3 is 5.97 Å². The highest BCUT2D eigenvalue weighted by Gasteiger charge is 2.41. The summed E-state index contributed by atoms with van der Waals surface area (Å²) in [6.07, 6.45) is 6.01. The summed E-state index contributed by atoms with van der Waals surface area (Å²) in [5, 5.41) is 15.5. The predicted octanol–water partition coefficient (Wildman–Crippen LogP) is 1.14. The molecule has 0 spiro atoms. The molecule has 1 saturated carbocycles. The van der Waals surface area contributed by atoms with Crippen LogP contribution in [0.5, 0.6) is 0 Å². The number of hydrogen-bond donors (Lipinski definition) is 3. The molecule has 0 aromatic heterocycles. The Kier molecular flexibility index (Phi) is 4.80. The number of rotatable bonds is 5. The van der Waals surface area contributed by atoms with E-state index in [1.54, 1.807) is 0 Å². The van der Waals surface area contributed by atoms with Crippen molar-refractivity contribution in [2.75, 3.05) is 19.6 Å². The van der Waals surface area contributed by atoms with E-state index in [2.05, 4.69) is 10.6 Å². The first kappa shape index (κ1) is 14.3. The first-order chi connectivity index (χ1) is 9.12. The van der Waals surface area contributed by atoms with E-state index in [4.69, 9.17) is 0 Å². The van der Waals surface area contributed by atoms with Crippen molar-refractivity contribution in [3.05, 3.63) is 0 Å². The molecule has 1 saturated heterocycles. The number of carboxylic acid groups (broad SMARTS) is 1. The van der Waals surface area contributed by atoms with E-state index >= 15 is 0 Å². The Morgan fingerprint density at radius 2 is 2.00 bits per heavy atom. The van der Waals surface area contributed by atoms with Crippen molar-refractivity contribution in [2.45, 2.75) is 44.9 Å². The molecule has 19 heavy (non-hydrogen) atoms. The Labute approximate surface area is 114 Å². The topological polar surface area (TPSA) is 78.4 Å². The van der Waals surface area contributed by atoms with Gasteiger partial charge in [-0.05, 0) is 44.7 Å². The Morgan fingerprint density at radius 3 is 2.58 bits per heavy atom. The Morgan fingerprint density at radius 1 is 1.26 bits per heavy atom. The smallest absolute Gasteiger partial charge is 0.311 e. The minimum Gasteiger partial charge on any atom is -0.481 e. The zero-order valence-electron chi connectivity index (χ0n) is 11.4. The fourth-order valence-corrected chi connectivity index (χ4v) is 3.22. The molecule has 1 heterocycles. The maximum atomic E-state index is 11.9. The minimum atomic E-state index is -0.760. The van der Waals surface area contributed by atoms with Crippen molar-refractivity contribution in [1.82, 2.24) is 10.6 Å². The molecule has 1 aliphatic carbocycles. The molecule has 2 rings (SSSR count). The number of amides is 1. The fraction of sp³-hybridized carbons (Fsp3) is 0.857. The van der Waals surface area contributed by atoms with Gasteiger partial charge in [0.2, 0.25) is 5.91 Å². The van der Waals surface area contributed by atoms with Gasteiger partial charge in [-0.1, -0.05) is 12.8 Å². The van der Waals surface area contributed by atoms with Crippen LogP contribution in [-0.4, -0.2) is 36.6 Å². The second kappa shape index (κ2) is 6.37. The highest BCUT2D eigenvalue weighted by Crippen LogP contribution is 2.37. The predicted molar refractivity (Wildman–Crippen MR) is 71.8 cm³/mol. The molecule has 5 nitrogen and oxygen atoms in total. The summed E-state index contributed by atoms with van der Waals surface area (Å²) in [6, 6.07) is 0. The summed E-state index contributed by atoms with van der Waals surface area (Å²) in [7, 11) is 0. The van der Waals surface area contributed by atoms with Gasteiger partial charge in [-0.25, -0.2) is 0 Å². The zero-order valence-corrected chi connectivity index (χ0v) is 11.4. The molecule has 1 atom stereocenters. The number of piperidine rings is 1. The third-order valence-corrected chi connectivity index (χ3v) is 4.51. The SMILES string of the molecule is O=C(CC1CCCNC1)NCC1(C(=O)O)CCCC1. The lowest BCUT2D eigenvalue weighted by Crippen LogP contribution is -2.42. The molecular formula is C14H24N2O3. The number of carbonyl (C=O) groups excluding carboxylic acids is 1. The van der Waals surface area contributed by atoms with E-state index in [9.17, 15) is 14.7 Å². The molecule has 1 amide bonds. The average Bonchev–Trinajstić information content (AvgIpc) is 2.88. The summed E-state index contributed by atoms with van der Waals surface area (Å²) >= 11 is 0. The lowest BCUT2D eigenvalue weighted by Gasteiger charge is -2.26. The number of carboxylic acids is 1. The lowest BCUT2D eigenvalue weighted by atomic mass is 9.86. The molecule has 1 aliphatic heterocycles. The van der Waals surface area contributed by atoms with E-state index in [0.717, 1.165) is 38.8 Å². The van der Waals surface area contributed by atoms with Crippen LogP contribution < -0.4 is 10.6 Å². The van der Waals surface area contributed by atoms with Crippen LogP contribution in [0.3, 0.4) is 0 Å². The van der Waals surface area contributed by atoms with Gasteiger partial charge in [0.05, 0.1) is 5.41 Å². The van der Waals surface area contributed by atoms with Gasteiger partial charge < -0.3 is 15.7 Å². The van der Waals surface area contributed by atoms with Gasteiger partial charge in [0.25, 0.3) is 0 Å². The molecular weight excluding hydrogens is 244 g/mol. The van der Waals surface area contributed by atoms with E-state index in [1.807, 2.05) is 0 Å². The molecule has 3 N–H and O–H groups in total. The first-order valence-corrected chi connectivity index (χ1v) is 7.33. The maximum Gasteiger partial charge on any atom is 0.311 e. The van der Waals surface area contributed by atoms with Crippen LogP contribution in [0.15, 0.2) is 0 Å². The maximum absolute atomic E-state index is 11.9. The molecule has 1 unspecified atom stereocenters. The van der Waals surface area contributed by atoms with Crippen molar-refractivity contribution in [2.24, 2.45) is 11.3 Å². The largest absolute Gasteiger partial charge is 0.481 e. The van der Waals surface area contributed by atoms with Gasteiger partial charge in [-0.15, -0.1) is 0 Å². The van der Waals surface area contributed by atoms with Crippen molar-refractivity contribution in [3.63, 3.8) is 0 Å². The Hall–Kier alpha value is -1.10. The lowest BCUT2D eigenvalue weighted by molar-refractivity contribution is -0.148. The average molecular weight is 268 g/mol. The Balaban J connectivity index is 1.77. The number of hydrogen-bond acceptors (Lipinski definition) is 3. The van der Waals surface area contributed by atoms with Crippen LogP contribution in [-0.2, 0) is 9.59 Å². The van der Waals surface area contributed by atoms with E-state index < -0.39 is 11.4 Å². The van der Waals surface area contributed by atoms with Crippen LogP contribution in [0, 0.1) is 11.3 Å². The standard InChI is InChI=1S/C14H24N2O3/c17-12(8-11-4-3-7-15-9-11)16-10-14(13(18)19)5-1-2-6-14/h11,15H,1-10H2,(H,16,17)(H,18,19). The molecule has 2 aliphatic rings.